The number of aliphatic carboxylic acids is 1. The number of carbonyl (C=O) groups excluding carboxylic acids is 19. The summed E-state index contributed by atoms with van der Waals surface area (Å²) in [4.78, 5) is 291. The van der Waals surface area contributed by atoms with E-state index in [1.54, 1.807) is 115 Å². The van der Waals surface area contributed by atoms with Gasteiger partial charge < -0.3 is 133 Å². The molecule has 1 fully saturated rings. The monoisotopic (exact) mass is 1950 g/mol. The predicted octanol–water partition coefficient (Wildman–Crippen LogP) is -5.81. The number of phenolic OH excluding ortho intramolecular Hbond substituents is 1. The van der Waals surface area contributed by atoms with Gasteiger partial charge in [0.15, 0.2) is 5.96 Å². The molecule has 5 aromatic rings. The van der Waals surface area contributed by atoms with Gasteiger partial charge >= 0.3 is 12.0 Å². The first kappa shape index (κ1) is 111. The summed E-state index contributed by atoms with van der Waals surface area (Å²) in [6.45, 7) is 3.06. The SMILES string of the molecule is CC(C)C1NC(=O)C(CO)NC(=O)C(Cc2ccccc2)N(C)C(=O)C(CCCNC(=N)N)NC(=O)C(Cc2ccccc2)NC(=O)CSCC(C(=O)NCC(N)=O)NC(=O)C(Cc2ccccc2)N(C)C(=O)C(CC(N)=O)NC(=O)C2Cc3ccccc3CN2C(=O)C(CC(=O)O)NC(=O)C(CCCNC(N)=O)NC(=O)C(C(C)C)NC(=O)C(Cc2ccc(O)cc2)NC(=O)C(CC(N)=O)NC1=O. The Morgan fingerprint density at radius 2 is 0.842 bits per heavy atom. The van der Waals surface area contributed by atoms with Crippen LogP contribution in [0.25, 0.3) is 0 Å². The van der Waals surface area contributed by atoms with Gasteiger partial charge in [0.05, 0.1) is 38.2 Å². The second-order valence-corrected chi connectivity index (χ2v) is 35.2. The van der Waals surface area contributed by atoms with Crippen LogP contribution in [0, 0.1) is 17.2 Å². The van der Waals surface area contributed by atoms with Gasteiger partial charge in [0, 0.05) is 71.6 Å². The molecule has 1 saturated heterocycles. The molecule has 20 amide bonds. The maximum Gasteiger partial charge on any atom is 0.312 e. The Morgan fingerprint density at radius 1 is 0.432 bits per heavy atom. The van der Waals surface area contributed by atoms with Gasteiger partial charge in [-0.15, -0.1) is 11.8 Å². The average Bonchev–Trinajstić information content (AvgIpc) is 0.779. The smallest absolute Gasteiger partial charge is 0.312 e. The van der Waals surface area contributed by atoms with E-state index >= 15 is 43.2 Å². The number of carbonyl (C=O) groups is 20. The molecule has 139 heavy (non-hydrogen) atoms. The van der Waals surface area contributed by atoms with Gasteiger partial charge in [0.25, 0.3) is 0 Å². The highest BCUT2D eigenvalue weighted by Gasteiger charge is 2.45. The van der Waals surface area contributed by atoms with Gasteiger partial charge in [0.1, 0.15) is 90.3 Å². The number of thioether (sulfide) groups is 1. The molecule has 0 radical (unpaired) electrons. The molecule has 2 aliphatic heterocycles. The van der Waals surface area contributed by atoms with Crippen LogP contribution in [-0.4, -0.2) is 291 Å². The molecule has 0 aliphatic carbocycles. The molecule has 2 aliphatic rings. The van der Waals surface area contributed by atoms with Crippen molar-refractivity contribution in [2.24, 2.45) is 40.5 Å². The standard InChI is InChI=1S/C92H123N23O23S/c1-49(2)75-86(133)103-58(28-18-35-100-92(98)138)78(125)107-64(43-74(122)123)90(137)115-45-56-27-17-16-26-55(56)40-69(115)85(132)108-63(42-71(94)119)89(136)114(6)68(39-53-24-14-9-15-25-53)84(131)110-66(77(124)101-44-72(95)120)47-139-48-73(121)102-60(36-51-20-10-7-11-21-51)79(126)104-59(29-19-34-99-91(96)97)88(135)113(5)67(38-52-22-12-8-13-23-52)83(130)109-65(46-116)82(129)112-76(50(3)4)87(134)106-62(41-70(93)118)80(127)105-61(81(128)111-75)37-54-30-32-57(117)33-31-54/h7-17,20-27,30-33,49-50,58-69,75-76,116-117H,18-19,28-29,34-48H2,1-6H3,(H2,93,118)(H2,94,119)(H2,95,120)(H,101,124)(H,102,121)(H,103,133)(H,104,126)(H,105,127)(H,106,134)(H,107,125)(H,108,132)(H,109,130)(H,110,131)(H,111,128)(H,112,129)(H,122,123)(H4,96,97,99)(H3,98,100,138). The van der Waals surface area contributed by atoms with Crippen molar-refractivity contribution in [2.75, 3.05) is 51.8 Å². The van der Waals surface area contributed by atoms with Crippen LogP contribution in [0.5, 0.6) is 5.75 Å². The minimum atomic E-state index is -2.14. The minimum Gasteiger partial charge on any atom is -0.508 e. The Balaban J connectivity index is 1.36. The summed E-state index contributed by atoms with van der Waals surface area (Å²) in [6.07, 6.45) is -5.84. The van der Waals surface area contributed by atoms with E-state index in [9.17, 15) is 68.1 Å². The normalized spacial score (nSPS) is 23.0. The number of carboxylic acid groups (broad SMARTS) is 1. The van der Waals surface area contributed by atoms with Crippen molar-refractivity contribution >= 4 is 136 Å². The van der Waals surface area contributed by atoms with Crippen molar-refractivity contribution in [3.8, 4) is 5.75 Å². The number of guanidine groups is 1. The van der Waals surface area contributed by atoms with Gasteiger partial charge in [-0.05, 0) is 83.0 Å². The Hall–Kier alpha value is -15.3. The molecule has 750 valence electrons. The van der Waals surface area contributed by atoms with Crippen LogP contribution in [0.4, 0.5) is 4.79 Å². The fourth-order valence-corrected chi connectivity index (χ4v) is 16.1. The van der Waals surface area contributed by atoms with Crippen LogP contribution < -0.4 is 103 Å². The molecule has 14 atom stereocenters. The minimum absolute atomic E-state index is 0.00196. The molecule has 46 nitrogen and oxygen atoms in total. The number of nitrogens with zero attached hydrogens (tertiary/aromatic N) is 3. The Kier molecular flexibility index (Phi) is 43.3. The molecule has 2 heterocycles. The fraction of sp³-hybridized carbons (Fsp3) is 0.446. The number of nitrogens with two attached hydrogens (primary N) is 5. The highest BCUT2D eigenvalue weighted by molar-refractivity contribution is 8.00. The molecular formula is C92H123N23O23S. The molecule has 14 unspecified atom stereocenters. The number of aromatic hydroxyl groups is 1. The third kappa shape index (κ3) is 35.4. The lowest BCUT2D eigenvalue weighted by atomic mass is 9.92. The molecule has 0 spiro atoms. The molecule has 28 N–H and O–H groups in total. The van der Waals surface area contributed by atoms with E-state index in [1.807, 2.05) is 0 Å². The number of fused-ring (bicyclic) bond motifs is 2. The fourth-order valence-electron chi connectivity index (χ4n) is 15.3. The summed E-state index contributed by atoms with van der Waals surface area (Å²) in [5.41, 5.74) is 30.3. The highest BCUT2D eigenvalue weighted by atomic mass is 32.2. The third-order valence-corrected chi connectivity index (χ3v) is 23.7. The molecule has 0 saturated carbocycles. The lowest BCUT2D eigenvalue weighted by molar-refractivity contribution is -0.149. The highest BCUT2D eigenvalue weighted by Crippen LogP contribution is 2.27. The Morgan fingerprint density at radius 3 is 1.35 bits per heavy atom. The van der Waals surface area contributed by atoms with Crippen LogP contribution in [0.15, 0.2) is 140 Å². The van der Waals surface area contributed by atoms with E-state index in [1.165, 1.54) is 59.0 Å². The summed E-state index contributed by atoms with van der Waals surface area (Å²) >= 11 is 0.718. The lowest BCUT2D eigenvalue weighted by Gasteiger charge is -2.39. The number of urea groups is 1. The molecule has 5 aromatic carbocycles. The maximum atomic E-state index is 15.5. The zero-order valence-electron chi connectivity index (χ0n) is 77.6. The summed E-state index contributed by atoms with van der Waals surface area (Å²) in [5, 5.41) is 74.6. The van der Waals surface area contributed by atoms with Gasteiger partial charge in [-0.25, -0.2) is 4.79 Å². The average molecular weight is 1950 g/mol. The van der Waals surface area contributed by atoms with Crippen molar-refractivity contribution in [3.05, 3.63) is 173 Å². The first-order chi connectivity index (χ1) is 65.9. The molecule has 7 rings (SSSR count). The molecular weight excluding hydrogens is 1830 g/mol. The largest absolute Gasteiger partial charge is 0.508 e. The van der Waals surface area contributed by atoms with Gasteiger partial charge in [-0.1, -0.05) is 155 Å². The zero-order chi connectivity index (χ0) is 102. The topological polar surface area (TPSA) is 734 Å². The summed E-state index contributed by atoms with van der Waals surface area (Å²) in [6, 6.07) is 9.85. The third-order valence-electron chi connectivity index (χ3n) is 22.7. The van der Waals surface area contributed by atoms with Crippen molar-refractivity contribution in [2.45, 2.75) is 196 Å². The summed E-state index contributed by atoms with van der Waals surface area (Å²) < 4.78 is 0. The molecule has 0 aromatic heterocycles. The van der Waals surface area contributed by atoms with Crippen molar-refractivity contribution in [3.63, 3.8) is 0 Å². The van der Waals surface area contributed by atoms with E-state index in [0.717, 1.165) is 33.5 Å². The van der Waals surface area contributed by atoms with E-state index in [4.69, 9.17) is 34.1 Å². The summed E-state index contributed by atoms with van der Waals surface area (Å²) in [7, 11) is 2.33. The van der Waals surface area contributed by atoms with Crippen LogP contribution in [0.3, 0.4) is 0 Å². The number of carboxylic acids is 1. The number of aliphatic hydroxyl groups is 1. The summed E-state index contributed by atoms with van der Waals surface area (Å²) in [5.74, 6) is -25.6. The van der Waals surface area contributed by atoms with Crippen LogP contribution in [0.2, 0.25) is 0 Å². The van der Waals surface area contributed by atoms with Crippen molar-refractivity contribution in [1.29, 1.82) is 5.41 Å². The number of nitrogens with one attached hydrogen (secondary N) is 15. The number of hydrogen-bond donors (Lipinski definition) is 23. The van der Waals surface area contributed by atoms with E-state index in [-0.39, 0.29) is 69.3 Å². The number of hydrogen-bond acceptors (Lipinski definition) is 24. The number of primary amides is 4. The van der Waals surface area contributed by atoms with E-state index in [0.29, 0.717) is 27.8 Å². The van der Waals surface area contributed by atoms with Crippen molar-refractivity contribution < 1.29 is 111 Å². The number of rotatable bonds is 28. The lowest BCUT2D eigenvalue weighted by Crippen LogP contribution is -2.63. The number of likely N-dealkylation sites (N-methyl/N-ethyl adjacent to an activating group) is 2. The number of amides is 20. The van der Waals surface area contributed by atoms with Crippen molar-refractivity contribution in [1.82, 2.24) is 89.1 Å². The van der Waals surface area contributed by atoms with Gasteiger partial charge in [0.2, 0.25) is 106 Å². The maximum absolute atomic E-state index is 15.5. The molecule has 47 heteroatoms. The van der Waals surface area contributed by atoms with Crippen LogP contribution in [0.1, 0.15) is 106 Å². The quantitative estimate of drug-likeness (QED) is 0.0126. The predicted molar refractivity (Wildman–Crippen MR) is 503 cm³/mol. The number of aliphatic hydroxyl groups excluding tert-OH is 1. The Labute approximate surface area is 804 Å². The van der Waals surface area contributed by atoms with Gasteiger partial charge in [-0.2, -0.15) is 0 Å². The second-order valence-electron chi connectivity index (χ2n) is 34.1. The first-order valence-electron chi connectivity index (χ1n) is 44.7. The second kappa shape index (κ2) is 54.4. The number of phenols is 1. The van der Waals surface area contributed by atoms with Gasteiger partial charge in [-0.3, -0.25) is 96.5 Å². The first-order valence-corrected chi connectivity index (χ1v) is 45.8. The van der Waals surface area contributed by atoms with Crippen LogP contribution >= 0.6 is 11.8 Å². The zero-order valence-corrected chi connectivity index (χ0v) is 78.4. The van der Waals surface area contributed by atoms with Crippen LogP contribution in [-0.2, 0) is 130 Å². The Bertz CT molecular complexity index is 5220. The van der Waals surface area contributed by atoms with E-state index < -0.39 is 284 Å². The van der Waals surface area contributed by atoms with E-state index in [2.05, 4.69) is 74.4 Å². The number of benzene rings is 5. The molecule has 0 bridgehead atoms.